The second-order valence-electron chi connectivity index (χ2n) is 5.53. The van der Waals surface area contributed by atoms with Crippen LogP contribution in [-0.2, 0) is 5.60 Å². The fourth-order valence-electron chi connectivity index (χ4n) is 2.42. The largest absolute Gasteiger partial charge is 0.386 e. The standard InChI is InChI=1S/C14H18N2O/c1-9-12(10-6-7-10)15-13-11(14(2,3)17)5-4-8-16(9)13/h4-5,8,10,17H,6-7H2,1-3H3. The molecule has 3 nitrogen and oxygen atoms in total. The summed E-state index contributed by atoms with van der Waals surface area (Å²) in [6.07, 6.45) is 4.53. The molecule has 1 fully saturated rings. The predicted octanol–water partition coefficient (Wildman–Crippen LogP) is 2.75. The molecule has 0 saturated heterocycles. The third-order valence-corrected chi connectivity index (χ3v) is 3.55. The van der Waals surface area contributed by atoms with Gasteiger partial charge >= 0.3 is 0 Å². The monoisotopic (exact) mass is 230 g/mol. The van der Waals surface area contributed by atoms with E-state index in [0.29, 0.717) is 5.92 Å². The molecule has 90 valence electrons. The summed E-state index contributed by atoms with van der Waals surface area (Å²) >= 11 is 0. The van der Waals surface area contributed by atoms with Crippen molar-refractivity contribution in [3.05, 3.63) is 35.3 Å². The first-order valence-electron chi connectivity index (χ1n) is 6.19. The van der Waals surface area contributed by atoms with E-state index in [2.05, 4.69) is 11.3 Å². The van der Waals surface area contributed by atoms with Gasteiger partial charge in [0.15, 0.2) is 0 Å². The van der Waals surface area contributed by atoms with Gasteiger partial charge in [0.05, 0.1) is 11.3 Å². The van der Waals surface area contributed by atoms with E-state index in [0.717, 1.165) is 11.2 Å². The molecule has 0 atom stereocenters. The first-order valence-corrected chi connectivity index (χ1v) is 6.19. The van der Waals surface area contributed by atoms with Crippen molar-refractivity contribution in [3.63, 3.8) is 0 Å². The maximum absolute atomic E-state index is 10.2. The van der Waals surface area contributed by atoms with Crippen molar-refractivity contribution in [1.82, 2.24) is 9.38 Å². The molecule has 0 amide bonds. The molecule has 0 radical (unpaired) electrons. The molecule has 0 aromatic carbocycles. The molecule has 1 N–H and O–H groups in total. The van der Waals surface area contributed by atoms with Crippen molar-refractivity contribution in [2.75, 3.05) is 0 Å². The summed E-state index contributed by atoms with van der Waals surface area (Å²) in [5.41, 5.74) is 3.38. The topological polar surface area (TPSA) is 37.5 Å². The van der Waals surface area contributed by atoms with Crippen molar-refractivity contribution < 1.29 is 5.11 Å². The lowest BCUT2D eigenvalue weighted by Crippen LogP contribution is -2.16. The van der Waals surface area contributed by atoms with Gasteiger partial charge in [-0.2, -0.15) is 0 Å². The Morgan fingerprint density at radius 1 is 1.41 bits per heavy atom. The quantitative estimate of drug-likeness (QED) is 0.861. The highest BCUT2D eigenvalue weighted by molar-refractivity contribution is 5.54. The average molecular weight is 230 g/mol. The van der Waals surface area contributed by atoms with E-state index in [1.807, 2.05) is 32.2 Å². The van der Waals surface area contributed by atoms with Crippen LogP contribution in [0.25, 0.3) is 5.65 Å². The summed E-state index contributed by atoms with van der Waals surface area (Å²) in [6, 6.07) is 3.93. The normalized spacial score (nSPS) is 16.7. The minimum Gasteiger partial charge on any atom is -0.386 e. The van der Waals surface area contributed by atoms with Gasteiger partial charge in [-0.3, -0.25) is 0 Å². The minimum atomic E-state index is -0.846. The zero-order valence-corrected chi connectivity index (χ0v) is 10.6. The number of hydrogen-bond acceptors (Lipinski definition) is 2. The third kappa shape index (κ3) is 1.65. The van der Waals surface area contributed by atoms with Gasteiger partial charge in [0.25, 0.3) is 0 Å². The number of nitrogens with zero attached hydrogens (tertiary/aromatic N) is 2. The van der Waals surface area contributed by atoms with Gasteiger partial charge in [-0.05, 0) is 39.7 Å². The Balaban J connectivity index is 2.28. The molecule has 17 heavy (non-hydrogen) atoms. The van der Waals surface area contributed by atoms with Crippen LogP contribution in [0.1, 0.15) is 49.6 Å². The van der Waals surface area contributed by atoms with Crippen molar-refractivity contribution >= 4 is 5.65 Å². The third-order valence-electron chi connectivity index (χ3n) is 3.55. The zero-order valence-electron chi connectivity index (χ0n) is 10.6. The fourth-order valence-corrected chi connectivity index (χ4v) is 2.42. The Hall–Kier alpha value is -1.35. The highest BCUT2D eigenvalue weighted by atomic mass is 16.3. The number of hydrogen-bond donors (Lipinski definition) is 1. The predicted molar refractivity (Wildman–Crippen MR) is 67.1 cm³/mol. The van der Waals surface area contributed by atoms with Gasteiger partial charge in [0.2, 0.25) is 0 Å². The van der Waals surface area contributed by atoms with E-state index < -0.39 is 5.60 Å². The summed E-state index contributed by atoms with van der Waals surface area (Å²) in [5.74, 6) is 0.643. The highest BCUT2D eigenvalue weighted by Crippen LogP contribution is 2.41. The molecular weight excluding hydrogens is 212 g/mol. The van der Waals surface area contributed by atoms with Gasteiger partial charge in [0.1, 0.15) is 5.65 Å². The lowest BCUT2D eigenvalue weighted by molar-refractivity contribution is 0.0796. The van der Waals surface area contributed by atoms with Crippen LogP contribution in [0.2, 0.25) is 0 Å². The first kappa shape index (κ1) is 10.8. The Bertz CT molecular complexity index is 574. The summed E-state index contributed by atoms with van der Waals surface area (Å²) in [6.45, 7) is 5.73. The number of aliphatic hydroxyl groups is 1. The Morgan fingerprint density at radius 3 is 2.71 bits per heavy atom. The van der Waals surface area contributed by atoms with Crippen molar-refractivity contribution in [2.45, 2.75) is 45.1 Å². The second-order valence-corrected chi connectivity index (χ2v) is 5.53. The number of aryl methyl sites for hydroxylation is 1. The molecule has 1 saturated carbocycles. The number of rotatable bonds is 2. The van der Waals surface area contributed by atoms with Crippen LogP contribution in [0.5, 0.6) is 0 Å². The van der Waals surface area contributed by atoms with Crippen LogP contribution >= 0.6 is 0 Å². The molecule has 3 rings (SSSR count). The number of pyridine rings is 1. The number of fused-ring (bicyclic) bond motifs is 1. The van der Waals surface area contributed by atoms with E-state index in [1.165, 1.54) is 24.2 Å². The summed E-state index contributed by atoms with van der Waals surface area (Å²) in [7, 11) is 0. The van der Waals surface area contributed by atoms with E-state index in [-0.39, 0.29) is 0 Å². The van der Waals surface area contributed by atoms with Gasteiger partial charge < -0.3 is 9.51 Å². The van der Waals surface area contributed by atoms with Gasteiger partial charge in [0, 0.05) is 23.4 Å². The molecule has 0 aliphatic heterocycles. The average Bonchev–Trinajstić information content (AvgIpc) is 3.03. The van der Waals surface area contributed by atoms with Crippen LogP contribution in [0.3, 0.4) is 0 Å². The molecule has 1 aliphatic carbocycles. The molecule has 2 aromatic rings. The number of aromatic nitrogens is 2. The van der Waals surface area contributed by atoms with Crippen LogP contribution in [0.4, 0.5) is 0 Å². The fraction of sp³-hybridized carbons (Fsp3) is 0.500. The van der Waals surface area contributed by atoms with Gasteiger partial charge in [-0.25, -0.2) is 4.98 Å². The molecule has 1 aliphatic rings. The Labute approximate surface area is 101 Å². The van der Waals surface area contributed by atoms with Crippen LogP contribution in [0, 0.1) is 6.92 Å². The Kier molecular flexibility index (Phi) is 2.11. The lowest BCUT2D eigenvalue weighted by Gasteiger charge is -2.18. The van der Waals surface area contributed by atoms with E-state index in [9.17, 15) is 5.11 Å². The van der Waals surface area contributed by atoms with Crippen molar-refractivity contribution in [2.24, 2.45) is 0 Å². The van der Waals surface area contributed by atoms with Crippen molar-refractivity contribution in [3.8, 4) is 0 Å². The van der Waals surface area contributed by atoms with Crippen molar-refractivity contribution in [1.29, 1.82) is 0 Å². The first-order chi connectivity index (χ1) is 7.98. The highest BCUT2D eigenvalue weighted by Gasteiger charge is 2.30. The second kappa shape index (κ2) is 3.33. The molecule has 0 spiro atoms. The summed E-state index contributed by atoms with van der Waals surface area (Å²) in [4.78, 5) is 4.74. The molecule has 0 unspecified atom stereocenters. The van der Waals surface area contributed by atoms with Gasteiger partial charge in [-0.1, -0.05) is 6.07 Å². The molecule has 0 bridgehead atoms. The van der Waals surface area contributed by atoms with Gasteiger partial charge in [-0.15, -0.1) is 0 Å². The van der Waals surface area contributed by atoms with Crippen LogP contribution in [0.15, 0.2) is 18.3 Å². The molecule has 2 heterocycles. The molecular formula is C14H18N2O. The molecule has 3 heteroatoms. The maximum atomic E-state index is 10.2. The Morgan fingerprint density at radius 2 is 2.12 bits per heavy atom. The SMILES string of the molecule is Cc1c(C2CC2)nc2c(C(C)(C)O)cccn12. The zero-order chi connectivity index (χ0) is 12.2. The smallest absolute Gasteiger partial charge is 0.143 e. The maximum Gasteiger partial charge on any atom is 0.143 e. The number of imidazole rings is 1. The lowest BCUT2D eigenvalue weighted by atomic mass is 10.00. The van der Waals surface area contributed by atoms with Crippen LogP contribution < -0.4 is 0 Å². The van der Waals surface area contributed by atoms with E-state index in [4.69, 9.17) is 4.98 Å². The van der Waals surface area contributed by atoms with E-state index >= 15 is 0 Å². The minimum absolute atomic E-state index is 0.643. The summed E-state index contributed by atoms with van der Waals surface area (Å²) < 4.78 is 2.10. The molecule has 2 aromatic heterocycles. The van der Waals surface area contributed by atoms with E-state index in [1.54, 1.807) is 0 Å². The summed E-state index contributed by atoms with van der Waals surface area (Å²) in [5, 5.41) is 10.2. The van der Waals surface area contributed by atoms with Crippen LogP contribution in [-0.4, -0.2) is 14.5 Å².